The standard InChI is InChI=1S/C12H15NO/c1-7(2)11-9(4)10(5)12(14)8(3)6-13-11/h1,3,6H2,2,4-5H3. The van der Waals surface area contributed by atoms with E-state index in [1.807, 2.05) is 20.8 Å². The predicted octanol–water partition coefficient (Wildman–Crippen LogP) is 2.48. The van der Waals surface area contributed by atoms with Crippen molar-refractivity contribution in [2.45, 2.75) is 20.8 Å². The Hall–Kier alpha value is -1.44. The second kappa shape index (κ2) is 3.74. The van der Waals surface area contributed by atoms with Gasteiger partial charge in [-0.05, 0) is 31.9 Å². The summed E-state index contributed by atoms with van der Waals surface area (Å²) in [6.07, 6.45) is 0. The molecule has 0 unspecified atom stereocenters. The van der Waals surface area contributed by atoms with E-state index in [1.54, 1.807) is 0 Å². The van der Waals surface area contributed by atoms with Crippen LogP contribution < -0.4 is 0 Å². The number of hydrogen-bond donors (Lipinski definition) is 0. The van der Waals surface area contributed by atoms with Crippen LogP contribution in [0.3, 0.4) is 0 Å². The van der Waals surface area contributed by atoms with E-state index in [0.29, 0.717) is 12.1 Å². The highest BCUT2D eigenvalue weighted by molar-refractivity contribution is 6.20. The third-order valence-electron chi connectivity index (χ3n) is 2.41. The molecule has 14 heavy (non-hydrogen) atoms. The first-order valence-electron chi connectivity index (χ1n) is 4.55. The molecule has 1 heterocycles. The third kappa shape index (κ3) is 1.74. The van der Waals surface area contributed by atoms with Crippen molar-refractivity contribution >= 4 is 11.5 Å². The van der Waals surface area contributed by atoms with Crippen LogP contribution in [0.5, 0.6) is 0 Å². The number of nitrogens with zero attached hydrogens (tertiary/aromatic N) is 1. The molecule has 0 saturated carbocycles. The zero-order valence-corrected chi connectivity index (χ0v) is 8.98. The summed E-state index contributed by atoms with van der Waals surface area (Å²) in [5.41, 5.74) is 3.94. The molecule has 0 aromatic rings. The van der Waals surface area contributed by atoms with Crippen molar-refractivity contribution in [1.29, 1.82) is 0 Å². The van der Waals surface area contributed by atoms with Gasteiger partial charge in [-0.3, -0.25) is 9.79 Å². The molecule has 0 N–H and O–H groups in total. The Labute approximate surface area is 84.7 Å². The quantitative estimate of drug-likeness (QED) is 0.583. The van der Waals surface area contributed by atoms with Crippen LogP contribution in [0.15, 0.2) is 40.4 Å². The Bertz CT molecular complexity index is 383. The fourth-order valence-corrected chi connectivity index (χ4v) is 1.43. The largest absolute Gasteiger partial charge is 0.289 e. The number of carbonyl (C=O) groups is 1. The zero-order valence-electron chi connectivity index (χ0n) is 8.98. The first-order chi connectivity index (χ1) is 6.45. The first-order valence-corrected chi connectivity index (χ1v) is 4.55. The van der Waals surface area contributed by atoms with E-state index in [-0.39, 0.29) is 5.78 Å². The van der Waals surface area contributed by atoms with Crippen LogP contribution in [0.4, 0.5) is 0 Å². The van der Waals surface area contributed by atoms with Gasteiger partial charge in [-0.2, -0.15) is 0 Å². The summed E-state index contributed by atoms with van der Waals surface area (Å²) in [5.74, 6) is 0.0162. The molecule has 2 nitrogen and oxygen atoms in total. The van der Waals surface area contributed by atoms with E-state index in [0.717, 1.165) is 22.4 Å². The molecule has 0 spiro atoms. The van der Waals surface area contributed by atoms with Crippen molar-refractivity contribution < 1.29 is 4.79 Å². The molecule has 0 bridgehead atoms. The molecule has 0 fully saturated rings. The average Bonchev–Trinajstić information content (AvgIpc) is 2.21. The molecule has 1 rings (SSSR count). The maximum absolute atomic E-state index is 11.7. The van der Waals surface area contributed by atoms with Gasteiger partial charge in [0.2, 0.25) is 0 Å². The van der Waals surface area contributed by atoms with Crippen LogP contribution in [0.1, 0.15) is 20.8 Å². The number of hydrogen-bond acceptors (Lipinski definition) is 2. The molecule has 0 aromatic heterocycles. The van der Waals surface area contributed by atoms with Crippen LogP contribution in [0, 0.1) is 0 Å². The minimum absolute atomic E-state index is 0.0162. The van der Waals surface area contributed by atoms with Crippen LogP contribution in [-0.4, -0.2) is 18.0 Å². The average molecular weight is 189 g/mol. The van der Waals surface area contributed by atoms with Gasteiger partial charge in [0.1, 0.15) is 0 Å². The Morgan fingerprint density at radius 3 is 2.43 bits per heavy atom. The molecule has 74 valence electrons. The predicted molar refractivity (Wildman–Crippen MR) is 59.6 cm³/mol. The highest BCUT2D eigenvalue weighted by Crippen LogP contribution is 2.18. The monoisotopic (exact) mass is 189 g/mol. The number of ketones is 1. The Kier molecular flexibility index (Phi) is 2.84. The fourth-order valence-electron chi connectivity index (χ4n) is 1.43. The SMILES string of the molecule is C=C(C)C1=NCC(=C)C(=O)C(C)=C1C. The molecule has 2 heteroatoms. The van der Waals surface area contributed by atoms with Gasteiger partial charge in [0.25, 0.3) is 0 Å². The maximum Gasteiger partial charge on any atom is 0.186 e. The van der Waals surface area contributed by atoms with Gasteiger partial charge in [-0.15, -0.1) is 0 Å². The highest BCUT2D eigenvalue weighted by atomic mass is 16.1. The molecule has 0 aliphatic carbocycles. The van der Waals surface area contributed by atoms with E-state index >= 15 is 0 Å². The van der Waals surface area contributed by atoms with Crippen molar-refractivity contribution in [3.63, 3.8) is 0 Å². The molecule has 0 radical (unpaired) electrons. The summed E-state index contributed by atoms with van der Waals surface area (Å²) < 4.78 is 0. The number of Topliss-reactive ketones (excluding diaryl/α,β-unsaturated/α-hetero) is 1. The molecule has 0 amide bonds. The van der Waals surface area contributed by atoms with Crippen LogP contribution >= 0.6 is 0 Å². The number of allylic oxidation sites excluding steroid dienone is 3. The lowest BCUT2D eigenvalue weighted by Crippen LogP contribution is -2.06. The van der Waals surface area contributed by atoms with Gasteiger partial charge in [0.15, 0.2) is 5.78 Å². The molecular formula is C12H15NO. The van der Waals surface area contributed by atoms with Gasteiger partial charge in [-0.1, -0.05) is 13.2 Å². The molecule has 1 aliphatic heterocycles. The van der Waals surface area contributed by atoms with Crippen LogP contribution in [0.2, 0.25) is 0 Å². The van der Waals surface area contributed by atoms with Gasteiger partial charge >= 0.3 is 0 Å². The summed E-state index contributed by atoms with van der Waals surface area (Å²) >= 11 is 0. The molecule has 0 atom stereocenters. The number of aliphatic imine (C=N–C) groups is 1. The molecule has 0 aromatic carbocycles. The second-order valence-electron chi connectivity index (χ2n) is 3.63. The summed E-state index contributed by atoms with van der Waals surface area (Å²) in [5, 5.41) is 0. The van der Waals surface area contributed by atoms with Crippen molar-refractivity contribution in [3.8, 4) is 0 Å². The molecule has 1 aliphatic rings. The topological polar surface area (TPSA) is 29.4 Å². The van der Waals surface area contributed by atoms with E-state index in [2.05, 4.69) is 18.2 Å². The zero-order chi connectivity index (χ0) is 10.9. The van der Waals surface area contributed by atoms with Crippen molar-refractivity contribution in [2.24, 2.45) is 4.99 Å². The normalized spacial score (nSPS) is 18.1. The van der Waals surface area contributed by atoms with E-state index in [1.165, 1.54) is 0 Å². The number of carbonyl (C=O) groups excluding carboxylic acids is 1. The second-order valence-corrected chi connectivity index (χ2v) is 3.63. The Balaban J connectivity index is 3.29. The van der Waals surface area contributed by atoms with Gasteiger partial charge < -0.3 is 0 Å². The Morgan fingerprint density at radius 2 is 1.93 bits per heavy atom. The molecule has 0 saturated heterocycles. The molecular weight excluding hydrogens is 174 g/mol. The lowest BCUT2D eigenvalue weighted by molar-refractivity contribution is -0.112. The van der Waals surface area contributed by atoms with Gasteiger partial charge in [0.05, 0.1) is 12.3 Å². The van der Waals surface area contributed by atoms with Crippen molar-refractivity contribution in [3.05, 3.63) is 35.5 Å². The third-order valence-corrected chi connectivity index (χ3v) is 2.41. The lowest BCUT2D eigenvalue weighted by Gasteiger charge is -2.05. The smallest absolute Gasteiger partial charge is 0.186 e. The van der Waals surface area contributed by atoms with Crippen LogP contribution in [-0.2, 0) is 4.79 Å². The first kappa shape index (κ1) is 10.6. The van der Waals surface area contributed by atoms with Gasteiger partial charge in [-0.25, -0.2) is 0 Å². The van der Waals surface area contributed by atoms with E-state index in [9.17, 15) is 4.79 Å². The van der Waals surface area contributed by atoms with Crippen molar-refractivity contribution in [1.82, 2.24) is 0 Å². The Morgan fingerprint density at radius 1 is 1.36 bits per heavy atom. The minimum atomic E-state index is 0.0162. The summed E-state index contributed by atoms with van der Waals surface area (Å²) in [6.45, 7) is 13.6. The summed E-state index contributed by atoms with van der Waals surface area (Å²) in [4.78, 5) is 16.0. The highest BCUT2D eigenvalue weighted by Gasteiger charge is 2.18. The van der Waals surface area contributed by atoms with Crippen LogP contribution in [0.25, 0.3) is 0 Å². The van der Waals surface area contributed by atoms with Crippen molar-refractivity contribution in [2.75, 3.05) is 6.54 Å². The van der Waals surface area contributed by atoms with E-state index < -0.39 is 0 Å². The fraction of sp³-hybridized carbons (Fsp3) is 0.333. The maximum atomic E-state index is 11.7. The minimum Gasteiger partial charge on any atom is -0.289 e. The lowest BCUT2D eigenvalue weighted by atomic mass is 9.98. The van der Waals surface area contributed by atoms with E-state index in [4.69, 9.17) is 0 Å². The van der Waals surface area contributed by atoms with Gasteiger partial charge in [0, 0.05) is 11.1 Å². The summed E-state index contributed by atoms with van der Waals surface area (Å²) in [6, 6.07) is 0. The summed E-state index contributed by atoms with van der Waals surface area (Å²) in [7, 11) is 0. The number of rotatable bonds is 1.